The van der Waals surface area contributed by atoms with Crippen LogP contribution < -0.4 is 10.6 Å². The molecule has 5 nitrogen and oxygen atoms in total. The van der Waals surface area contributed by atoms with Gasteiger partial charge in [0, 0.05) is 13.1 Å². The third-order valence-electron chi connectivity index (χ3n) is 4.93. The van der Waals surface area contributed by atoms with Gasteiger partial charge >= 0.3 is 11.8 Å². The number of aliphatic hydroxyl groups is 1. The third-order valence-corrected chi connectivity index (χ3v) is 5.61. The smallest absolute Gasteiger partial charge is 0.309 e. The largest absolute Gasteiger partial charge is 0.387 e. The second-order valence-corrected chi connectivity index (χ2v) is 7.75. The molecule has 1 unspecified atom stereocenters. The van der Waals surface area contributed by atoms with Crippen molar-refractivity contribution in [2.24, 2.45) is 0 Å². The second kappa shape index (κ2) is 10.2. The highest BCUT2D eigenvalue weighted by atomic mass is 32.1. The monoisotopic (exact) mass is 398 g/mol. The van der Waals surface area contributed by atoms with Crippen LogP contribution in [0.2, 0.25) is 0 Å². The molecule has 1 aliphatic rings. The number of hydrogen-bond donors (Lipinski definition) is 3. The Morgan fingerprint density at radius 3 is 2.50 bits per heavy atom. The molecule has 6 heteroatoms. The van der Waals surface area contributed by atoms with Gasteiger partial charge in [0.15, 0.2) is 0 Å². The lowest BCUT2D eigenvalue weighted by molar-refractivity contribution is -0.139. The van der Waals surface area contributed by atoms with E-state index in [0.29, 0.717) is 12.1 Å². The molecule has 0 spiro atoms. The van der Waals surface area contributed by atoms with Gasteiger partial charge < -0.3 is 15.7 Å². The van der Waals surface area contributed by atoms with E-state index in [0.717, 1.165) is 30.4 Å². The second-order valence-electron chi connectivity index (χ2n) is 6.97. The maximum absolute atomic E-state index is 11.9. The van der Waals surface area contributed by atoms with E-state index in [4.69, 9.17) is 0 Å². The molecule has 3 N–H and O–H groups in total. The van der Waals surface area contributed by atoms with Gasteiger partial charge in [0.05, 0.1) is 6.10 Å². The van der Waals surface area contributed by atoms with Gasteiger partial charge in [-0.3, -0.25) is 9.59 Å². The minimum Gasteiger partial charge on any atom is -0.387 e. The van der Waals surface area contributed by atoms with Crippen molar-refractivity contribution in [3.05, 3.63) is 58.3 Å². The van der Waals surface area contributed by atoms with Crippen molar-refractivity contribution in [3.63, 3.8) is 0 Å². The molecule has 0 bridgehead atoms. The molecule has 148 valence electrons. The average Bonchev–Trinajstić information content (AvgIpc) is 3.27. The summed E-state index contributed by atoms with van der Waals surface area (Å²) >= 11 is 1.63. The highest BCUT2D eigenvalue weighted by Gasteiger charge is 2.16. The maximum atomic E-state index is 11.9. The van der Waals surface area contributed by atoms with E-state index in [9.17, 15) is 14.7 Å². The van der Waals surface area contributed by atoms with E-state index < -0.39 is 17.9 Å². The van der Waals surface area contributed by atoms with Crippen LogP contribution in [0.15, 0.2) is 52.7 Å². The van der Waals surface area contributed by atoms with E-state index in [1.165, 1.54) is 18.4 Å². The molecule has 2 amide bonds. The molecule has 0 fully saturated rings. The lowest BCUT2D eigenvalue weighted by atomic mass is 9.97. The first-order valence-corrected chi connectivity index (χ1v) is 10.6. The normalized spacial score (nSPS) is 14.8. The predicted octanol–water partition coefficient (Wildman–Crippen LogP) is 3.57. The zero-order valence-electron chi connectivity index (χ0n) is 15.8. The Morgan fingerprint density at radius 2 is 1.82 bits per heavy atom. The number of allylic oxidation sites excluding steroid dienone is 1. The lowest BCUT2D eigenvalue weighted by Gasteiger charge is -2.14. The molecule has 0 saturated heterocycles. The van der Waals surface area contributed by atoms with E-state index in [1.54, 1.807) is 11.3 Å². The first-order valence-electron chi connectivity index (χ1n) is 9.68. The molecule has 1 aromatic carbocycles. The van der Waals surface area contributed by atoms with Gasteiger partial charge in [-0.2, -0.15) is 11.3 Å². The highest BCUT2D eigenvalue weighted by Crippen LogP contribution is 2.24. The number of carbonyl (C=O) groups excluding carboxylic acids is 2. The predicted molar refractivity (Wildman–Crippen MR) is 112 cm³/mol. The Labute approximate surface area is 169 Å². The zero-order valence-corrected chi connectivity index (χ0v) is 16.6. The highest BCUT2D eigenvalue weighted by molar-refractivity contribution is 7.08. The van der Waals surface area contributed by atoms with E-state index in [-0.39, 0.29) is 6.54 Å². The number of rotatable bonds is 7. The van der Waals surface area contributed by atoms with Gasteiger partial charge in [-0.1, -0.05) is 35.9 Å². The fourth-order valence-electron chi connectivity index (χ4n) is 3.26. The Hall–Kier alpha value is -2.44. The molecule has 2 aromatic rings. The summed E-state index contributed by atoms with van der Waals surface area (Å²) in [5.41, 5.74) is 4.27. The number of hydrogen-bond acceptors (Lipinski definition) is 4. The number of thiophene rings is 1. The van der Waals surface area contributed by atoms with Gasteiger partial charge in [-0.25, -0.2) is 0 Å². The summed E-state index contributed by atoms with van der Waals surface area (Å²) in [6, 6.07) is 9.59. The molecular formula is C22H26N2O3S. The van der Waals surface area contributed by atoms with Crippen molar-refractivity contribution >= 4 is 23.2 Å². The molecule has 1 aliphatic carbocycles. The zero-order chi connectivity index (χ0) is 19.8. The fraction of sp³-hybridized carbons (Fsp3) is 0.364. The number of amides is 2. The topological polar surface area (TPSA) is 78.4 Å². The summed E-state index contributed by atoms with van der Waals surface area (Å²) in [6.45, 7) is 0.458. The number of carbonyl (C=O) groups is 2. The standard InChI is InChI=1S/C22H26N2O3S/c25-20(18-8-6-17(7-9-18)19-11-13-28-15-19)14-24-22(27)21(26)23-12-10-16-4-2-1-3-5-16/h4,6-9,11,13,15,20,25H,1-3,5,10,12,14H2,(H,23,26)(H,24,27). The van der Waals surface area contributed by atoms with Crippen LogP contribution in [0.25, 0.3) is 11.1 Å². The van der Waals surface area contributed by atoms with E-state index >= 15 is 0 Å². The van der Waals surface area contributed by atoms with Crippen molar-refractivity contribution in [2.45, 2.75) is 38.2 Å². The summed E-state index contributed by atoms with van der Waals surface area (Å²) in [6.07, 6.45) is 6.79. The quantitative estimate of drug-likeness (QED) is 0.493. The molecule has 0 aliphatic heterocycles. The Bertz CT molecular complexity index is 813. The molecule has 0 radical (unpaired) electrons. The minimum absolute atomic E-state index is 0.00476. The van der Waals surface area contributed by atoms with Gasteiger partial charge in [0.1, 0.15) is 0 Å². The first kappa shape index (κ1) is 20.3. The summed E-state index contributed by atoms with van der Waals surface area (Å²) in [5.74, 6) is -1.37. The van der Waals surface area contributed by atoms with Crippen molar-refractivity contribution in [1.82, 2.24) is 10.6 Å². The Kier molecular flexibility index (Phi) is 7.39. The summed E-state index contributed by atoms with van der Waals surface area (Å²) in [5, 5.41) is 19.5. The molecule has 3 rings (SSSR count). The molecule has 1 atom stereocenters. The lowest BCUT2D eigenvalue weighted by Crippen LogP contribution is -2.41. The number of nitrogens with one attached hydrogen (secondary N) is 2. The summed E-state index contributed by atoms with van der Waals surface area (Å²) in [7, 11) is 0. The van der Waals surface area contributed by atoms with Crippen LogP contribution in [0.3, 0.4) is 0 Å². The molecule has 28 heavy (non-hydrogen) atoms. The van der Waals surface area contributed by atoms with Crippen LogP contribution in [0.5, 0.6) is 0 Å². The Balaban J connectivity index is 1.40. The SMILES string of the molecule is O=C(NCCC1=CCCCC1)C(=O)NCC(O)c1ccc(-c2ccsc2)cc1. The van der Waals surface area contributed by atoms with Crippen LogP contribution in [0.1, 0.15) is 43.8 Å². The van der Waals surface area contributed by atoms with Crippen LogP contribution in [-0.2, 0) is 9.59 Å². The van der Waals surface area contributed by atoms with Crippen LogP contribution in [0, 0.1) is 0 Å². The van der Waals surface area contributed by atoms with Crippen LogP contribution in [-0.4, -0.2) is 30.0 Å². The van der Waals surface area contributed by atoms with Crippen LogP contribution in [0.4, 0.5) is 0 Å². The third kappa shape index (κ3) is 5.78. The van der Waals surface area contributed by atoms with Gasteiger partial charge in [-0.15, -0.1) is 0 Å². The first-order chi connectivity index (χ1) is 13.6. The minimum atomic E-state index is -0.860. The maximum Gasteiger partial charge on any atom is 0.309 e. The van der Waals surface area contributed by atoms with Crippen molar-refractivity contribution in [3.8, 4) is 11.1 Å². The Morgan fingerprint density at radius 1 is 1.04 bits per heavy atom. The number of aliphatic hydroxyl groups excluding tert-OH is 1. The fourth-order valence-corrected chi connectivity index (χ4v) is 3.93. The van der Waals surface area contributed by atoms with Crippen LogP contribution >= 0.6 is 11.3 Å². The van der Waals surface area contributed by atoms with Crippen molar-refractivity contribution in [1.29, 1.82) is 0 Å². The van der Waals surface area contributed by atoms with Gasteiger partial charge in [0.2, 0.25) is 0 Å². The van der Waals surface area contributed by atoms with Crippen molar-refractivity contribution in [2.75, 3.05) is 13.1 Å². The average molecular weight is 399 g/mol. The number of benzene rings is 1. The van der Waals surface area contributed by atoms with E-state index in [2.05, 4.69) is 22.1 Å². The van der Waals surface area contributed by atoms with Gasteiger partial charge in [-0.05, 0) is 65.6 Å². The molecule has 1 aromatic heterocycles. The molecule has 1 heterocycles. The summed E-state index contributed by atoms with van der Waals surface area (Å²) in [4.78, 5) is 23.8. The van der Waals surface area contributed by atoms with Crippen molar-refractivity contribution < 1.29 is 14.7 Å². The van der Waals surface area contributed by atoms with Gasteiger partial charge in [0.25, 0.3) is 0 Å². The molecular weight excluding hydrogens is 372 g/mol. The summed E-state index contributed by atoms with van der Waals surface area (Å²) < 4.78 is 0. The van der Waals surface area contributed by atoms with E-state index in [1.807, 2.05) is 35.7 Å². The molecule has 0 saturated carbocycles.